The molecule has 1 nitrogen and oxygen atoms in total. The maximum atomic E-state index is 3.50. The van der Waals surface area contributed by atoms with E-state index in [-0.39, 0.29) is 0 Å². The van der Waals surface area contributed by atoms with Crippen molar-refractivity contribution in [3.05, 3.63) is 182 Å². The summed E-state index contributed by atoms with van der Waals surface area (Å²) in [7, 11) is 0. The molecule has 0 radical (unpaired) electrons. The van der Waals surface area contributed by atoms with Gasteiger partial charge in [-0.3, -0.25) is 0 Å². The number of fused-ring (bicyclic) bond motifs is 25. The molecule has 0 saturated heterocycles. The Bertz CT molecular complexity index is 4150. The normalized spacial score (nSPS) is 12.6. The van der Waals surface area contributed by atoms with Crippen LogP contribution in [-0.4, -0.2) is 4.98 Å². The summed E-state index contributed by atoms with van der Waals surface area (Å²) < 4.78 is 0. The summed E-state index contributed by atoms with van der Waals surface area (Å²) in [5.74, 6) is 0. The minimum Gasteiger partial charge on any atom is -0.361 e. The number of aromatic nitrogens is 1. The maximum Gasteiger partial charge on any atom is 0.0533 e. The van der Waals surface area contributed by atoms with Gasteiger partial charge < -0.3 is 4.98 Å². The summed E-state index contributed by atoms with van der Waals surface area (Å²) in [4.78, 5) is 3.50. The minimum absolute atomic E-state index is 1.20. The van der Waals surface area contributed by atoms with E-state index in [1.165, 1.54) is 140 Å². The minimum atomic E-state index is 1.20. The third-order valence-electron chi connectivity index (χ3n) is 13.3. The molecule has 0 bridgehead atoms. The predicted octanol–water partition coefficient (Wildman–Crippen LogP) is 16.0. The van der Waals surface area contributed by atoms with Gasteiger partial charge in [0.15, 0.2) is 0 Å². The number of hydrogen-bond donors (Lipinski definition) is 1. The van der Waals surface area contributed by atoms with E-state index in [4.69, 9.17) is 0 Å². The van der Waals surface area contributed by atoms with Crippen molar-refractivity contribution in [2.45, 2.75) is 0 Å². The standard InChI is InChI=1S/C56H31N/c1-2-4-38-31(3-1)5-18-40-39(38)17-6-32-7-20-42-41(51(32)40)19-8-33-9-22-44-43(52(33)42)21-10-34-11-24-46-45(53(34)44)23-12-35-13-26-48-47(54(35)46)25-14-36-15-28-50-49(55(36)48)27-16-37-29-30-57-56(37)50/h1-30,57H. The molecule has 0 aliphatic heterocycles. The van der Waals surface area contributed by atoms with Crippen LogP contribution < -0.4 is 0 Å². The zero-order valence-electron chi connectivity index (χ0n) is 30.8. The second-order valence-electron chi connectivity index (χ2n) is 16.0. The van der Waals surface area contributed by atoms with E-state index in [1.54, 1.807) is 0 Å². The average Bonchev–Trinajstić information content (AvgIpc) is 3.77. The van der Waals surface area contributed by atoms with Crippen LogP contribution in [0.1, 0.15) is 0 Å². The van der Waals surface area contributed by atoms with E-state index in [1.807, 2.05) is 6.20 Å². The Hall–Kier alpha value is -7.48. The third-order valence-corrected chi connectivity index (χ3v) is 13.3. The first-order valence-corrected chi connectivity index (χ1v) is 19.9. The lowest BCUT2D eigenvalue weighted by Gasteiger charge is -2.16. The molecule has 0 amide bonds. The Kier molecular flexibility index (Phi) is 5.56. The predicted molar refractivity (Wildman–Crippen MR) is 248 cm³/mol. The molecule has 14 rings (SSSR count). The van der Waals surface area contributed by atoms with E-state index in [9.17, 15) is 0 Å². The van der Waals surface area contributed by atoms with Gasteiger partial charge in [0, 0.05) is 17.0 Å². The summed E-state index contributed by atoms with van der Waals surface area (Å²) in [5.41, 5.74) is 1.20. The smallest absolute Gasteiger partial charge is 0.0533 e. The highest BCUT2D eigenvalue weighted by molar-refractivity contribution is 6.36. The second-order valence-corrected chi connectivity index (χ2v) is 16.0. The highest BCUT2D eigenvalue weighted by Crippen LogP contribution is 2.44. The van der Waals surface area contributed by atoms with Crippen LogP contribution in [0.5, 0.6) is 0 Å². The van der Waals surface area contributed by atoms with E-state index in [0.29, 0.717) is 0 Å². The monoisotopic (exact) mass is 717 g/mol. The quantitative estimate of drug-likeness (QED) is 0.150. The lowest BCUT2D eigenvalue weighted by molar-refractivity contribution is 1.49. The van der Waals surface area contributed by atoms with E-state index < -0.39 is 0 Å². The van der Waals surface area contributed by atoms with E-state index in [2.05, 4.69) is 181 Å². The van der Waals surface area contributed by atoms with Crippen LogP contribution in [-0.2, 0) is 0 Å². The molecule has 0 spiro atoms. The van der Waals surface area contributed by atoms with Crippen LogP contribution in [0, 0.1) is 0 Å². The van der Waals surface area contributed by atoms with Gasteiger partial charge in [-0.1, -0.05) is 170 Å². The Morgan fingerprint density at radius 2 is 0.491 bits per heavy atom. The van der Waals surface area contributed by atoms with E-state index in [0.717, 1.165) is 0 Å². The van der Waals surface area contributed by atoms with Crippen molar-refractivity contribution < 1.29 is 0 Å². The molecule has 0 saturated carbocycles. The van der Waals surface area contributed by atoms with Crippen LogP contribution in [0.15, 0.2) is 182 Å². The molecule has 0 aliphatic carbocycles. The largest absolute Gasteiger partial charge is 0.361 e. The van der Waals surface area contributed by atoms with Gasteiger partial charge in [-0.05, 0) is 130 Å². The van der Waals surface area contributed by atoms with Gasteiger partial charge in [0.2, 0.25) is 0 Å². The number of H-pyrrole nitrogens is 1. The highest BCUT2D eigenvalue weighted by atomic mass is 14.7. The number of aromatic amines is 1. The van der Waals surface area contributed by atoms with Gasteiger partial charge in [0.1, 0.15) is 0 Å². The summed E-state index contributed by atoms with van der Waals surface area (Å²) in [5, 5.41) is 32.4. The van der Waals surface area contributed by atoms with Gasteiger partial charge in [-0.25, -0.2) is 0 Å². The number of rotatable bonds is 0. The van der Waals surface area contributed by atoms with Gasteiger partial charge in [0.05, 0.1) is 5.52 Å². The lowest BCUT2D eigenvalue weighted by atomic mass is 9.87. The van der Waals surface area contributed by atoms with Gasteiger partial charge in [-0.2, -0.15) is 0 Å². The molecule has 0 aliphatic rings. The molecule has 0 fully saturated rings. The number of hydrogen-bond acceptors (Lipinski definition) is 0. The van der Waals surface area contributed by atoms with Crippen molar-refractivity contribution in [1.82, 2.24) is 4.98 Å². The molecule has 13 aromatic carbocycles. The van der Waals surface area contributed by atoms with Gasteiger partial charge in [0.25, 0.3) is 0 Å². The molecule has 260 valence electrons. The highest BCUT2D eigenvalue weighted by Gasteiger charge is 2.16. The number of benzene rings is 13. The molecule has 1 N–H and O–H groups in total. The van der Waals surface area contributed by atoms with Crippen molar-refractivity contribution >= 4 is 140 Å². The van der Waals surface area contributed by atoms with Gasteiger partial charge in [-0.15, -0.1) is 0 Å². The fraction of sp³-hybridized carbons (Fsp3) is 0. The fourth-order valence-corrected chi connectivity index (χ4v) is 10.8. The van der Waals surface area contributed by atoms with Crippen LogP contribution in [0.4, 0.5) is 0 Å². The maximum absolute atomic E-state index is 3.50. The second kappa shape index (κ2) is 10.6. The Morgan fingerprint density at radius 3 is 0.912 bits per heavy atom. The van der Waals surface area contributed by atoms with Gasteiger partial charge >= 0.3 is 0 Å². The summed E-state index contributed by atoms with van der Waals surface area (Å²) in [6, 6.07) is 66.7. The molecular weight excluding hydrogens is 687 g/mol. The first-order chi connectivity index (χ1) is 28.3. The summed E-state index contributed by atoms with van der Waals surface area (Å²) in [6.45, 7) is 0. The fourth-order valence-electron chi connectivity index (χ4n) is 10.8. The van der Waals surface area contributed by atoms with Crippen molar-refractivity contribution in [3.8, 4) is 0 Å². The lowest BCUT2D eigenvalue weighted by Crippen LogP contribution is -1.88. The van der Waals surface area contributed by atoms with Crippen molar-refractivity contribution in [2.75, 3.05) is 0 Å². The van der Waals surface area contributed by atoms with Crippen molar-refractivity contribution in [1.29, 1.82) is 0 Å². The Labute approximate surface area is 326 Å². The van der Waals surface area contributed by atoms with Crippen LogP contribution in [0.25, 0.3) is 140 Å². The molecule has 1 heterocycles. The molecular formula is C56H31N. The number of nitrogens with one attached hydrogen (secondary N) is 1. The molecule has 1 aromatic heterocycles. The first kappa shape index (κ1) is 29.8. The first-order valence-electron chi connectivity index (χ1n) is 19.9. The topological polar surface area (TPSA) is 15.8 Å². The van der Waals surface area contributed by atoms with Crippen molar-refractivity contribution in [3.63, 3.8) is 0 Å². The zero-order chi connectivity index (χ0) is 36.9. The van der Waals surface area contributed by atoms with Crippen LogP contribution in [0.2, 0.25) is 0 Å². The molecule has 0 unspecified atom stereocenters. The van der Waals surface area contributed by atoms with Crippen molar-refractivity contribution in [2.24, 2.45) is 0 Å². The zero-order valence-corrected chi connectivity index (χ0v) is 30.8. The summed E-state index contributed by atoms with van der Waals surface area (Å²) in [6.07, 6.45) is 2.04. The third kappa shape index (κ3) is 3.83. The summed E-state index contributed by atoms with van der Waals surface area (Å²) >= 11 is 0. The van der Waals surface area contributed by atoms with E-state index >= 15 is 0 Å². The Morgan fingerprint density at radius 1 is 0.193 bits per heavy atom. The molecule has 57 heavy (non-hydrogen) atoms. The SMILES string of the molecule is c1ccc2c(c1)ccc1c2ccc2ccc3c(ccc4ccc5c(ccc6ccc7c(ccc8ccc9c(ccc%10ccc%11c(ccc%12cc[nH]c%12%11)c%109)c87)c65)c43)c21. The van der Waals surface area contributed by atoms with Crippen LogP contribution in [0.3, 0.4) is 0 Å². The molecule has 14 aromatic rings. The van der Waals surface area contributed by atoms with Crippen LogP contribution >= 0.6 is 0 Å². The average molecular weight is 718 g/mol. The Balaban J connectivity index is 1.09. The molecule has 1 heteroatoms. The molecule has 0 atom stereocenters.